The number of benzene rings is 9. The first-order valence-electron chi connectivity index (χ1n) is 25.4. The van der Waals surface area contributed by atoms with Crippen LogP contribution in [0.4, 0.5) is 0 Å². The van der Waals surface area contributed by atoms with Crippen molar-refractivity contribution < 1.29 is 76.3 Å². The SMILES string of the molecule is CCOC(=O)c1ccc2c3ccc(C(=O)OCC)c4c(C(=O)OCC)cc5c6c(-c7ccc(C(=O)OC)cc7)c(C#Cc7ccc(C(=O)OC)cc7)c7c(c6c6cc(C(=O)OCC)c1c2c6c5c43)CC(C(=O)OC)(C(=O)OC)C7. The summed E-state index contributed by atoms with van der Waals surface area (Å²) in [5.41, 5.74) is 1.05. The lowest BCUT2D eigenvalue weighted by Crippen LogP contribution is -2.42. The second-order valence-electron chi connectivity index (χ2n) is 18.7. The maximum Gasteiger partial charge on any atom is 0.338 e. The van der Waals surface area contributed by atoms with E-state index in [1.54, 1.807) is 113 Å². The van der Waals surface area contributed by atoms with Gasteiger partial charge in [0.25, 0.3) is 0 Å². The molecule has 16 heteroatoms. The lowest BCUT2D eigenvalue weighted by Gasteiger charge is -2.26. The van der Waals surface area contributed by atoms with Crippen molar-refractivity contribution in [2.24, 2.45) is 5.41 Å². The number of hydrogen-bond donors (Lipinski definition) is 0. The Morgan fingerprint density at radius 3 is 1.24 bits per heavy atom. The Labute approximate surface area is 451 Å². The van der Waals surface area contributed by atoms with E-state index in [1.807, 2.05) is 0 Å². The Kier molecular flexibility index (Phi) is 13.9. The van der Waals surface area contributed by atoms with E-state index >= 15 is 0 Å². The molecule has 0 amide bonds. The van der Waals surface area contributed by atoms with Crippen LogP contribution in [-0.2, 0) is 60.3 Å². The average molecular weight is 1060 g/mol. The second-order valence-corrected chi connectivity index (χ2v) is 18.7. The van der Waals surface area contributed by atoms with Crippen LogP contribution >= 0.6 is 0 Å². The zero-order valence-corrected chi connectivity index (χ0v) is 44.4. The van der Waals surface area contributed by atoms with Crippen molar-refractivity contribution in [1.82, 2.24) is 0 Å². The molecule has 0 N–H and O–H groups in total. The van der Waals surface area contributed by atoms with E-state index in [9.17, 15) is 38.4 Å². The number of fused-ring (bicyclic) bond motifs is 6. The van der Waals surface area contributed by atoms with E-state index in [4.69, 9.17) is 37.9 Å². The average Bonchev–Trinajstić information content (AvgIpc) is 4.01. The van der Waals surface area contributed by atoms with Gasteiger partial charge in [-0.2, -0.15) is 0 Å². The van der Waals surface area contributed by atoms with E-state index < -0.39 is 53.2 Å². The highest BCUT2D eigenvalue weighted by Crippen LogP contribution is 2.56. The molecule has 1 aliphatic rings. The molecule has 0 unspecified atom stereocenters. The third kappa shape index (κ3) is 8.23. The Hall–Kier alpha value is -9.62. The number of esters is 8. The Balaban J connectivity index is 1.56. The van der Waals surface area contributed by atoms with Crippen LogP contribution < -0.4 is 0 Å². The first kappa shape index (κ1) is 52.8. The summed E-state index contributed by atoms with van der Waals surface area (Å²) in [5, 5.41) is 4.88. The molecular weight excluding hydrogens is 1010 g/mol. The van der Waals surface area contributed by atoms with Gasteiger partial charge in [0.2, 0.25) is 0 Å². The molecule has 10 rings (SSSR count). The van der Waals surface area contributed by atoms with Crippen molar-refractivity contribution in [1.29, 1.82) is 0 Å². The summed E-state index contributed by atoms with van der Waals surface area (Å²) in [4.78, 5) is 113. The predicted octanol–water partition coefficient (Wildman–Crippen LogP) is 10.3. The van der Waals surface area contributed by atoms with Gasteiger partial charge in [-0.15, -0.1) is 0 Å². The fourth-order valence-corrected chi connectivity index (χ4v) is 11.5. The van der Waals surface area contributed by atoms with Crippen LogP contribution in [0, 0.1) is 17.3 Å². The number of carbonyl (C=O) groups excluding carboxylic acids is 8. The van der Waals surface area contributed by atoms with Crippen molar-refractivity contribution in [2.45, 2.75) is 40.5 Å². The van der Waals surface area contributed by atoms with Crippen molar-refractivity contribution >= 4 is 112 Å². The van der Waals surface area contributed by atoms with Gasteiger partial charge in [-0.05, 0) is 159 Å². The monoisotopic (exact) mass is 1060 g/mol. The van der Waals surface area contributed by atoms with E-state index in [0.717, 1.165) is 0 Å². The maximum absolute atomic E-state index is 14.8. The van der Waals surface area contributed by atoms with Crippen LogP contribution in [0.15, 0.2) is 84.9 Å². The lowest BCUT2D eigenvalue weighted by atomic mass is 9.76. The number of ether oxygens (including phenoxy) is 8. The summed E-state index contributed by atoms with van der Waals surface area (Å²) < 4.78 is 43.8. The molecule has 0 spiro atoms. The standard InChI is InChI=1S/C63H50O16/c1-9-76-57(66)38-25-23-35-36-24-26-39(58(67)77-10-2)48-43(60(69)79-12-4)28-41-52-46(32-18-20-34(21-19-32)56(65)73-6)37(22-15-31-13-16-33(17-14-31)55(64)72-5)44-29-63(61(70)74-7,62(71)75-8)30-45(44)49(52)40-27-42(59(68)78-11-3)47(38)50(35)53(40)54(41)51(36)48/h13-14,16-21,23-28H,9-12,29-30H2,1-8H3. The molecule has 9 aromatic rings. The lowest BCUT2D eigenvalue weighted by molar-refractivity contribution is -0.168. The van der Waals surface area contributed by atoms with Gasteiger partial charge in [-0.3, -0.25) is 9.59 Å². The highest BCUT2D eigenvalue weighted by molar-refractivity contribution is 6.49. The van der Waals surface area contributed by atoms with Crippen LogP contribution in [0.1, 0.15) is 112 Å². The highest BCUT2D eigenvalue weighted by atomic mass is 16.6. The van der Waals surface area contributed by atoms with Gasteiger partial charge in [0, 0.05) is 40.3 Å². The molecular formula is C63H50O16. The van der Waals surface area contributed by atoms with Crippen LogP contribution in [0.3, 0.4) is 0 Å². The molecule has 0 fully saturated rings. The molecule has 0 saturated carbocycles. The van der Waals surface area contributed by atoms with Crippen molar-refractivity contribution in [2.75, 3.05) is 54.9 Å². The molecule has 9 aromatic carbocycles. The third-order valence-electron chi connectivity index (χ3n) is 14.7. The van der Waals surface area contributed by atoms with Gasteiger partial charge >= 0.3 is 47.8 Å². The molecule has 0 aromatic heterocycles. The van der Waals surface area contributed by atoms with Gasteiger partial charge in [-0.1, -0.05) is 36.1 Å². The first-order chi connectivity index (χ1) is 38.2. The minimum absolute atomic E-state index is 0.00910. The summed E-state index contributed by atoms with van der Waals surface area (Å²) in [5.74, 6) is 0.691. The Bertz CT molecular complexity index is 4140. The molecule has 0 heterocycles. The normalized spacial score (nSPS) is 12.6. The maximum atomic E-state index is 14.8. The molecule has 0 aliphatic heterocycles. The molecule has 398 valence electrons. The predicted molar refractivity (Wildman–Crippen MR) is 292 cm³/mol. The molecule has 0 saturated heterocycles. The van der Waals surface area contributed by atoms with Crippen LogP contribution in [0.5, 0.6) is 0 Å². The molecule has 0 bridgehead atoms. The van der Waals surface area contributed by atoms with Crippen molar-refractivity contribution in [3.63, 3.8) is 0 Å². The Morgan fingerprint density at radius 1 is 0.405 bits per heavy atom. The number of rotatable bonds is 13. The van der Waals surface area contributed by atoms with Gasteiger partial charge in [0.15, 0.2) is 5.41 Å². The summed E-state index contributed by atoms with van der Waals surface area (Å²) >= 11 is 0. The van der Waals surface area contributed by atoms with Crippen LogP contribution in [0.2, 0.25) is 0 Å². The fraction of sp³-hybridized carbons (Fsp3) is 0.238. The smallest absolute Gasteiger partial charge is 0.338 e. The molecule has 0 atom stereocenters. The number of methoxy groups -OCH3 is 4. The minimum Gasteiger partial charge on any atom is -0.468 e. The number of carbonyl (C=O) groups is 8. The van der Waals surface area contributed by atoms with E-state index in [0.29, 0.717) is 87.2 Å². The zero-order chi connectivity index (χ0) is 56.2. The zero-order valence-electron chi connectivity index (χ0n) is 44.4. The van der Waals surface area contributed by atoms with Gasteiger partial charge in [0.1, 0.15) is 0 Å². The molecule has 0 radical (unpaired) electrons. The summed E-state index contributed by atoms with van der Waals surface area (Å²) in [6.45, 7) is 6.57. The largest absolute Gasteiger partial charge is 0.468 e. The third-order valence-corrected chi connectivity index (χ3v) is 14.7. The van der Waals surface area contributed by atoms with Gasteiger partial charge in [0.05, 0.1) is 88.2 Å². The van der Waals surface area contributed by atoms with E-state index in [-0.39, 0.29) is 83.4 Å². The topological polar surface area (TPSA) is 210 Å². The molecule has 79 heavy (non-hydrogen) atoms. The summed E-state index contributed by atoms with van der Waals surface area (Å²) in [6.07, 6.45) is -0.618. The van der Waals surface area contributed by atoms with E-state index in [1.165, 1.54) is 28.4 Å². The minimum atomic E-state index is -2.01. The van der Waals surface area contributed by atoms with Crippen LogP contribution in [0.25, 0.3) is 75.8 Å². The highest BCUT2D eigenvalue weighted by Gasteiger charge is 2.54. The van der Waals surface area contributed by atoms with Crippen LogP contribution in [-0.4, -0.2) is 103 Å². The fourth-order valence-electron chi connectivity index (χ4n) is 11.5. The summed E-state index contributed by atoms with van der Waals surface area (Å²) in [7, 11) is 4.86. The van der Waals surface area contributed by atoms with E-state index in [2.05, 4.69) is 11.8 Å². The Morgan fingerprint density at radius 2 is 0.810 bits per heavy atom. The number of hydrogen-bond acceptors (Lipinski definition) is 16. The van der Waals surface area contributed by atoms with Crippen molar-refractivity contribution in [3.05, 3.63) is 141 Å². The van der Waals surface area contributed by atoms with Gasteiger partial charge in [-0.25, -0.2) is 28.8 Å². The first-order valence-corrected chi connectivity index (χ1v) is 25.4. The molecule has 1 aliphatic carbocycles. The molecule has 16 nitrogen and oxygen atoms in total. The van der Waals surface area contributed by atoms with Gasteiger partial charge < -0.3 is 37.9 Å². The second kappa shape index (κ2) is 20.7. The summed E-state index contributed by atoms with van der Waals surface area (Å²) in [6, 6.07) is 22.8. The quantitative estimate of drug-likeness (QED) is 0.0262. The van der Waals surface area contributed by atoms with Crippen molar-refractivity contribution in [3.8, 4) is 23.0 Å².